The van der Waals surface area contributed by atoms with Crippen molar-refractivity contribution in [3.63, 3.8) is 0 Å². The molecular weight excluding hydrogens is 268 g/mol. The van der Waals surface area contributed by atoms with Crippen LogP contribution < -0.4 is 14.8 Å². The van der Waals surface area contributed by atoms with Crippen molar-refractivity contribution in [3.05, 3.63) is 23.8 Å². The summed E-state index contributed by atoms with van der Waals surface area (Å²) < 4.78 is 11.0. The molecule has 1 aromatic rings. The number of hydrogen-bond donors (Lipinski definition) is 1. The minimum absolute atomic E-state index is 0.103. The highest BCUT2D eigenvalue weighted by atomic mass is 16.5. The van der Waals surface area contributed by atoms with Gasteiger partial charge in [-0.25, -0.2) is 0 Å². The van der Waals surface area contributed by atoms with Crippen LogP contribution in [0.3, 0.4) is 0 Å². The number of benzene rings is 1. The first-order chi connectivity index (χ1) is 10.2. The van der Waals surface area contributed by atoms with Gasteiger partial charge in [0, 0.05) is 6.54 Å². The molecule has 0 heterocycles. The molecule has 0 saturated carbocycles. The molecule has 0 aliphatic carbocycles. The Balaban J connectivity index is 2.56. The van der Waals surface area contributed by atoms with Crippen molar-refractivity contribution in [1.82, 2.24) is 5.32 Å². The number of carbonyl (C=O) groups is 1. The van der Waals surface area contributed by atoms with Crippen molar-refractivity contribution < 1.29 is 14.3 Å². The molecule has 5 nitrogen and oxygen atoms in total. The van der Waals surface area contributed by atoms with Crippen LogP contribution in [-0.4, -0.2) is 26.2 Å². The van der Waals surface area contributed by atoms with Crippen LogP contribution in [0.1, 0.15) is 31.7 Å². The molecule has 1 amide bonds. The molecule has 1 rings (SSSR count). The fourth-order valence-electron chi connectivity index (χ4n) is 1.80. The van der Waals surface area contributed by atoms with E-state index >= 15 is 0 Å². The van der Waals surface area contributed by atoms with Gasteiger partial charge in [0.25, 0.3) is 0 Å². The van der Waals surface area contributed by atoms with Crippen molar-refractivity contribution in [1.29, 1.82) is 5.26 Å². The largest absolute Gasteiger partial charge is 0.493 e. The summed E-state index contributed by atoms with van der Waals surface area (Å²) in [4.78, 5) is 11.2. The van der Waals surface area contributed by atoms with E-state index in [1.807, 2.05) is 24.3 Å². The zero-order valence-electron chi connectivity index (χ0n) is 12.6. The van der Waals surface area contributed by atoms with Crippen molar-refractivity contribution >= 4 is 5.91 Å². The molecule has 0 aliphatic rings. The quantitative estimate of drug-likeness (QED) is 0.709. The maximum absolute atomic E-state index is 11.2. The van der Waals surface area contributed by atoms with Gasteiger partial charge in [-0.2, -0.15) is 5.26 Å². The van der Waals surface area contributed by atoms with Crippen LogP contribution in [-0.2, 0) is 11.2 Å². The predicted octanol–water partition coefficient (Wildman–Crippen LogP) is 2.45. The zero-order valence-corrected chi connectivity index (χ0v) is 12.6. The van der Waals surface area contributed by atoms with Crippen molar-refractivity contribution in [2.75, 3.05) is 20.3 Å². The van der Waals surface area contributed by atoms with Gasteiger partial charge < -0.3 is 14.8 Å². The smallest absolute Gasteiger partial charge is 0.234 e. The number of carbonyl (C=O) groups excluding carboxylic acids is 1. The minimum Gasteiger partial charge on any atom is -0.493 e. The lowest BCUT2D eigenvalue weighted by molar-refractivity contribution is -0.120. The molecule has 0 unspecified atom stereocenters. The molecule has 1 aromatic carbocycles. The van der Waals surface area contributed by atoms with E-state index < -0.39 is 0 Å². The summed E-state index contributed by atoms with van der Waals surface area (Å²) in [6, 6.07) is 7.57. The summed E-state index contributed by atoms with van der Waals surface area (Å²) in [7, 11) is 1.61. The van der Waals surface area contributed by atoms with Gasteiger partial charge in [0.2, 0.25) is 5.91 Å². The van der Waals surface area contributed by atoms with Gasteiger partial charge in [0.1, 0.15) is 6.42 Å². The third-order valence-corrected chi connectivity index (χ3v) is 2.96. The van der Waals surface area contributed by atoms with Crippen LogP contribution >= 0.6 is 0 Å². The zero-order chi connectivity index (χ0) is 15.5. The first kappa shape index (κ1) is 16.8. The molecule has 114 valence electrons. The first-order valence-corrected chi connectivity index (χ1v) is 7.14. The number of nitriles is 1. The van der Waals surface area contributed by atoms with E-state index in [4.69, 9.17) is 14.7 Å². The Morgan fingerprint density at radius 2 is 2.19 bits per heavy atom. The molecule has 1 N–H and O–H groups in total. The van der Waals surface area contributed by atoms with Gasteiger partial charge >= 0.3 is 0 Å². The number of nitrogens with one attached hydrogen (secondary N) is 1. The molecule has 0 aliphatic heterocycles. The number of unbranched alkanes of at least 4 members (excludes halogenated alkanes) is 1. The Kier molecular flexibility index (Phi) is 7.73. The number of methoxy groups -OCH3 is 1. The van der Waals surface area contributed by atoms with Crippen LogP contribution in [0.2, 0.25) is 0 Å². The maximum atomic E-state index is 11.2. The Morgan fingerprint density at radius 1 is 1.38 bits per heavy atom. The Labute approximate surface area is 125 Å². The molecule has 21 heavy (non-hydrogen) atoms. The molecule has 0 fully saturated rings. The van der Waals surface area contributed by atoms with Gasteiger partial charge in [-0.3, -0.25) is 4.79 Å². The number of rotatable bonds is 9. The van der Waals surface area contributed by atoms with E-state index in [0.717, 1.165) is 24.2 Å². The molecule has 0 aromatic heterocycles. The number of nitrogens with zero attached hydrogens (tertiary/aromatic N) is 1. The second kappa shape index (κ2) is 9.65. The van der Waals surface area contributed by atoms with Crippen LogP contribution in [0, 0.1) is 11.3 Å². The van der Waals surface area contributed by atoms with Gasteiger partial charge in [0.15, 0.2) is 11.5 Å². The summed E-state index contributed by atoms with van der Waals surface area (Å²) in [5, 5.41) is 11.1. The molecule has 0 radical (unpaired) electrons. The van der Waals surface area contributed by atoms with Gasteiger partial charge in [-0.15, -0.1) is 0 Å². The summed E-state index contributed by atoms with van der Waals surface area (Å²) >= 11 is 0. The lowest BCUT2D eigenvalue weighted by Crippen LogP contribution is -2.24. The monoisotopic (exact) mass is 290 g/mol. The Morgan fingerprint density at radius 3 is 2.86 bits per heavy atom. The van der Waals surface area contributed by atoms with Crippen LogP contribution in [0.25, 0.3) is 0 Å². The third kappa shape index (κ3) is 6.17. The highest BCUT2D eigenvalue weighted by Crippen LogP contribution is 2.28. The Bertz CT molecular complexity index is 495. The maximum Gasteiger partial charge on any atom is 0.234 e. The number of amides is 1. The summed E-state index contributed by atoms with van der Waals surface area (Å²) in [5.41, 5.74) is 1.06. The van der Waals surface area contributed by atoms with Crippen LogP contribution in [0.5, 0.6) is 11.5 Å². The summed E-state index contributed by atoms with van der Waals surface area (Å²) in [6.07, 6.45) is 2.66. The number of ether oxygens (including phenoxy) is 2. The molecule has 5 heteroatoms. The van der Waals surface area contributed by atoms with Gasteiger partial charge in [-0.05, 0) is 30.5 Å². The van der Waals surface area contributed by atoms with E-state index in [9.17, 15) is 4.79 Å². The fraction of sp³-hybridized carbons (Fsp3) is 0.500. The summed E-state index contributed by atoms with van der Waals surface area (Å²) in [5.74, 6) is 1.20. The van der Waals surface area contributed by atoms with E-state index in [2.05, 4.69) is 12.2 Å². The van der Waals surface area contributed by atoms with Gasteiger partial charge in [-0.1, -0.05) is 19.4 Å². The Hall–Kier alpha value is -2.22. The lowest BCUT2D eigenvalue weighted by atomic mass is 10.1. The SMILES string of the molecule is CCCCOc1cc(CCNC(=O)CC#N)ccc1OC. The van der Waals surface area contributed by atoms with Crippen molar-refractivity contribution in [3.8, 4) is 17.6 Å². The topological polar surface area (TPSA) is 71.3 Å². The first-order valence-electron chi connectivity index (χ1n) is 7.14. The van der Waals surface area contributed by atoms with Crippen molar-refractivity contribution in [2.45, 2.75) is 32.6 Å². The average molecular weight is 290 g/mol. The van der Waals surface area contributed by atoms with Gasteiger partial charge in [0.05, 0.1) is 19.8 Å². The average Bonchev–Trinajstić information content (AvgIpc) is 2.48. The minimum atomic E-state index is -0.245. The van der Waals surface area contributed by atoms with E-state index in [1.54, 1.807) is 7.11 Å². The second-order valence-electron chi connectivity index (χ2n) is 4.62. The third-order valence-electron chi connectivity index (χ3n) is 2.96. The number of hydrogen-bond acceptors (Lipinski definition) is 4. The second-order valence-corrected chi connectivity index (χ2v) is 4.62. The standard InChI is InChI=1S/C16H22N2O3/c1-3-4-11-21-15-12-13(5-6-14(15)20-2)8-10-18-16(19)7-9-17/h5-6,12H,3-4,7-8,10-11H2,1-2H3,(H,18,19). The predicted molar refractivity (Wildman–Crippen MR) is 80.3 cm³/mol. The lowest BCUT2D eigenvalue weighted by Gasteiger charge is -2.12. The van der Waals surface area contributed by atoms with Crippen LogP contribution in [0.4, 0.5) is 0 Å². The molecule has 0 bridgehead atoms. The highest BCUT2D eigenvalue weighted by molar-refractivity contribution is 5.77. The van der Waals surface area contributed by atoms with Crippen molar-refractivity contribution in [2.24, 2.45) is 0 Å². The fourth-order valence-corrected chi connectivity index (χ4v) is 1.80. The molecule has 0 atom stereocenters. The molecule has 0 saturated heterocycles. The van der Waals surface area contributed by atoms with E-state index in [1.165, 1.54) is 0 Å². The molecule has 0 spiro atoms. The van der Waals surface area contributed by atoms with E-state index in [-0.39, 0.29) is 12.3 Å². The van der Waals surface area contributed by atoms with E-state index in [0.29, 0.717) is 25.3 Å². The normalized spacial score (nSPS) is 9.76. The molecular formula is C16H22N2O3. The van der Waals surface area contributed by atoms with Crippen LogP contribution in [0.15, 0.2) is 18.2 Å². The highest BCUT2D eigenvalue weighted by Gasteiger charge is 2.06. The summed E-state index contributed by atoms with van der Waals surface area (Å²) in [6.45, 7) is 3.28.